The zero-order chi connectivity index (χ0) is 16.2. The third-order valence-electron chi connectivity index (χ3n) is 2.74. The fourth-order valence-corrected chi connectivity index (χ4v) is 1.67. The second-order valence-corrected chi connectivity index (χ2v) is 4.34. The molecule has 0 aliphatic rings. The van der Waals surface area contributed by atoms with E-state index in [1.807, 2.05) is 0 Å². The summed E-state index contributed by atoms with van der Waals surface area (Å²) < 4.78 is 5.13. The molecule has 0 aliphatic heterocycles. The summed E-state index contributed by atoms with van der Waals surface area (Å²) in [5.74, 6) is -0.672. The van der Waals surface area contributed by atoms with Gasteiger partial charge in [-0.1, -0.05) is 13.5 Å². The molecule has 0 fully saturated rings. The number of non-ortho nitro benzene ring substituents is 1. The molecule has 0 amide bonds. The molecule has 8 nitrogen and oxygen atoms in total. The lowest BCUT2D eigenvalue weighted by Gasteiger charge is -2.16. The zero-order valence-corrected chi connectivity index (χ0v) is 11.6. The van der Waals surface area contributed by atoms with Crippen LogP contribution in [0.5, 0.6) is 0 Å². The van der Waals surface area contributed by atoms with Crippen molar-refractivity contribution in [3.63, 3.8) is 0 Å². The van der Waals surface area contributed by atoms with Crippen molar-refractivity contribution in [2.45, 2.75) is 26.4 Å². The van der Waals surface area contributed by atoms with E-state index in [0.29, 0.717) is 0 Å². The molecule has 0 radical (unpaired) electrons. The van der Waals surface area contributed by atoms with E-state index in [-0.39, 0.29) is 17.6 Å². The van der Waals surface area contributed by atoms with Crippen molar-refractivity contribution in [2.75, 3.05) is 0 Å². The minimum Gasteiger partial charge on any atom is -0.454 e. The number of nitro groups is 2. The Kier molecular flexibility index (Phi) is 5.12. The number of benzene rings is 1. The van der Waals surface area contributed by atoms with E-state index in [0.717, 1.165) is 12.1 Å². The molecule has 0 bridgehead atoms. The second-order valence-electron chi connectivity index (χ2n) is 4.34. The summed E-state index contributed by atoms with van der Waals surface area (Å²) in [5, 5.41) is 21.7. The molecule has 1 rings (SSSR count). The summed E-state index contributed by atoms with van der Waals surface area (Å²) in [6, 6.07) is 3.22. The summed E-state index contributed by atoms with van der Waals surface area (Å²) in [6.45, 7) is 6.57. The Balaban J connectivity index is 3.25. The fraction of sp³-hybridized carbons (Fsp3) is 0.308. The molecule has 0 aliphatic carbocycles. The van der Waals surface area contributed by atoms with Crippen molar-refractivity contribution < 1.29 is 19.4 Å². The van der Waals surface area contributed by atoms with Crippen molar-refractivity contribution in [2.24, 2.45) is 0 Å². The molecule has 0 saturated heterocycles. The van der Waals surface area contributed by atoms with Gasteiger partial charge in [0.05, 0.1) is 21.5 Å². The van der Waals surface area contributed by atoms with E-state index in [9.17, 15) is 25.0 Å². The predicted octanol–water partition coefficient (Wildman–Crippen LogP) is 3.07. The molecule has 21 heavy (non-hydrogen) atoms. The Bertz CT molecular complexity index is 611. The summed E-state index contributed by atoms with van der Waals surface area (Å²) in [4.78, 5) is 31.8. The number of esters is 1. The highest BCUT2D eigenvalue weighted by atomic mass is 16.6. The number of hydrogen-bond donors (Lipinski definition) is 0. The van der Waals surface area contributed by atoms with Gasteiger partial charge in [0.2, 0.25) is 0 Å². The van der Waals surface area contributed by atoms with Crippen LogP contribution >= 0.6 is 0 Å². The second kappa shape index (κ2) is 6.60. The van der Waals surface area contributed by atoms with Crippen LogP contribution in [-0.4, -0.2) is 15.8 Å². The number of carbonyl (C=O) groups excluding carboxylic acids is 1. The molecule has 1 unspecified atom stereocenters. The molecule has 1 atom stereocenters. The molecule has 112 valence electrons. The third kappa shape index (κ3) is 3.85. The van der Waals surface area contributed by atoms with Crippen molar-refractivity contribution >= 4 is 17.3 Å². The Labute approximate surface area is 120 Å². The van der Waals surface area contributed by atoms with Crippen LogP contribution in [0, 0.1) is 20.2 Å². The number of hydrogen-bond acceptors (Lipinski definition) is 6. The molecule has 1 aromatic carbocycles. The van der Waals surface area contributed by atoms with Crippen molar-refractivity contribution in [3.05, 3.63) is 56.1 Å². The van der Waals surface area contributed by atoms with Gasteiger partial charge in [-0.15, -0.1) is 0 Å². The molecule has 8 heteroatoms. The molecular formula is C13H14N2O6. The lowest BCUT2D eigenvalue weighted by molar-refractivity contribution is -0.394. The summed E-state index contributed by atoms with van der Waals surface area (Å²) in [7, 11) is 0. The normalized spacial score (nSPS) is 11.5. The molecule has 0 heterocycles. The van der Waals surface area contributed by atoms with E-state index >= 15 is 0 Å². The van der Waals surface area contributed by atoms with Crippen LogP contribution in [-0.2, 0) is 9.53 Å². The lowest BCUT2D eigenvalue weighted by atomic mass is 10.0. The van der Waals surface area contributed by atoms with Crippen LogP contribution in [0.1, 0.15) is 31.9 Å². The van der Waals surface area contributed by atoms with Gasteiger partial charge in [0.15, 0.2) is 0 Å². The van der Waals surface area contributed by atoms with E-state index in [4.69, 9.17) is 4.74 Å². The highest BCUT2D eigenvalue weighted by molar-refractivity contribution is 5.87. The van der Waals surface area contributed by atoms with Gasteiger partial charge >= 0.3 is 5.97 Å². The number of rotatable bonds is 6. The minimum atomic E-state index is -0.865. The van der Waals surface area contributed by atoms with Gasteiger partial charge < -0.3 is 4.74 Å². The third-order valence-corrected chi connectivity index (χ3v) is 2.74. The monoisotopic (exact) mass is 294 g/mol. The van der Waals surface area contributed by atoms with Gasteiger partial charge in [0.1, 0.15) is 6.10 Å². The Hall–Kier alpha value is -2.77. The summed E-state index contributed by atoms with van der Waals surface area (Å²) in [6.07, 6.45) is -0.576. The smallest absolute Gasteiger partial charge is 0.333 e. The van der Waals surface area contributed by atoms with Gasteiger partial charge in [-0.3, -0.25) is 20.2 Å². The number of nitro benzene ring substituents is 2. The highest BCUT2D eigenvalue weighted by Crippen LogP contribution is 2.33. The first-order valence-corrected chi connectivity index (χ1v) is 6.07. The molecule has 0 spiro atoms. The van der Waals surface area contributed by atoms with E-state index < -0.39 is 33.3 Å². The average molecular weight is 294 g/mol. The number of carbonyl (C=O) groups is 1. The SMILES string of the molecule is C=C(C)C(=O)OC(CC)c1ccc([N+](=O)[O-])cc1[N+](=O)[O-]. The van der Waals surface area contributed by atoms with E-state index in [1.54, 1.807) is 6.92 Å². The van der Waals surface area contributed by atoms with Crippen LogP contribution in [0.3, 0.4) is 0 Å². The maximum Gasteiger partial charge on any atom is 0.333 e. The predicted molar refractivity (Wildman–Crippen MR) is 73.7 cm³/mol. The van der Waals surface area contributed by atoms with Crippen LogP contribution < -0.4 is 0 Å². The topological polar surface area (TPSA) is 113 Å². The van der Waals surface area contributed by atoms with Gasteiger partial charge in [0.25, 0.3) is 11.4 Å². The van der Waals surface area contributed by atoms with Gasteiger partial charge in [-0.25, -0.2) is 4.79 Å². The molecule has 0 aromatic heterocycles. The number of nitrogens with zero attached hydrogens (tertiary/aromatic N) is 2. The fourth-order valence-electron chi connectivity index (χ4n) is 1.67. The van der Waals surface area contributed by atoms with Gasteiger partial charge in [-0.2, -0.15) is 0 Å². The van der Waals surface area contributed by atoms with Gasteiger partial charge in [-0.05, 0) is 19.4 Å². The first-order valence-electron chi connectivity index (χ1n) is 6.07. The Morgan fingerprint density at radius 1 is 1.33 bits per heavy atom. The van der Waals surface area contributed by atoms with Crippen LogP contribution in [0.15, 0.2) is 30.4 Å². The molecule has 0 saturated carbocycles. The van der Waals surface area contributed by atoms with Crippen molar-refractivity contribution in [1.29, 1.82) is 0 Å². The molecule has 0 N–H and O–H groups in total. The van der Waals surface area contributed by atoms with Crippen LogP contribution in [0.2, 0.25) is 0 Å². The highest BCUT2D eigenvalue weighted by Gasteiger charge is 2.27. The summed E-state index contributed by atoms with van der Waals surface area (Å²) in [5.41, 5.74) is -0.571. The standard InChI is InChI=1S/C13H14N2O6/c1-4-12(21-13(16)8(2)3)10-6-5-9(14(17)18)7-11(10)15(19)20/h5-7,12H,2,4H2,1,3H3. The molecule has 1 aromatic rings. The first kappa shape index (κ1) is 16.3. The maximum absolute atomic E-state index is 11.5. The lowest BCUT2D eigenvalue weighted by Crippen LogP contribution is -2.13. The van der Waals surface area contributed by atoms with Crippen LogP contribution in [0.4, 0.5) is 11.4 Å². The summed E-state index contributed by atoms with van der Waals surface area (Å²) >= 11 is 0. The minimum absolute atomic E-state index is 0.114. The zero-order valence-electron chi connectivity index (χ0n) is 11.6. The van der Waals surface area contributed by atoms with E-state index in [1.165, 1.54) is 13.0 Å². The van der Waals surface area contributed by atoms with Crippen molar-refractivity contribution in [3.8, 4) is 0 Å². The van der Waals surface area contributed by atoms with E-state index in [2.05, 4.69) is 6.58 Å². The first-order chi connectivity index (χ1) is 9.77. The average Bonchev–Trinajstić information content (AvgIpc) is 2.43. The quantitative estimate of drug-likeness (QED) is 0.345. The maximum atomic E-state index is 11.5. The van der Waals surface area contributed by atoms with Gasteiger partial charge in [0, 0.05) is 11.6 Å². The Morgan fingerprint density at radius 3 is 2.38 bits per heavy atom. The van der Waals surface area contributed by atoms with Crippen molar-refractivity contribution in [1.82, 2.24) is 0 Å². The largest absolute Gasteiger partial charge is 0.454 e. The Morgan fingerprint density at radius 2 is 1.95 bits per heavy atom. The molecular weight excluding hydrogens is 280 g/mol. The number of ether oxygens (including phenoxy) is 1. The van der Waals surface area contributed by atoms with Crippen LogP contribution in [0.25, 0.3) is 0 Å².